The number of benzene rings is 1. The Balaban J connectivity index is 2.92. The molecule has 1 N–H and O–H groups in total. The summed E-state index contributed by atoms with van der Waals surface area (Å²) in [5.41, 5.74) is -0.0622. The second-order valence-corrected chi connectivity index (χ2v) is 3.21. The van der Waals surface area contributed by atoms with Crippen LogP contribution in [0.5, 0.6) is 0 Å². The van der Waals surface area contributed by atoms with Gasteiger partial charge in [0.2, 0.25) is 5.91 Å². The average Bonchev–Trinajstić information content (AvgIpc) is 2.21. The number of halogens is 1. The molecule has 16 heavy (non-hydrogen) atoms. The van der Waals surface area contributed by atoms with Crippen molar-refractivity contribution in [2.75, 3.05) is 5.32 Å². The number of carbonyl (C=O) groups is 1. The number of nitro groups is 1. The Labute approximate surface area is 95.6 Å². The minimum absolute atomic E-state index is 0.0108. The molecule has 1 rings (SSSR count). The van der Waals surface area contributed by atoms with E-state index in [2.05, 4.69) is 5.32 Å². The van der Waals surface area contributed by atoms with Gasteiger partial charge in [-0.15, -0.1) is 0 Å². The molecule has 0 saturated heterocycles. The van der Waals surface area contributed by atoms with Gasteiger partial charge in [0.15, 0.2) is 0 Å². The van der Waals surface area contributed by atoms with Crippen LogP contribution in [0.25, 0.3) is 0 Å². The van der Waals surface area contributed by atoms with E-state index < -0.39 is 10.8 Å². The molecule has 0 heterocycles. The Hall–Kier alpha value is -2.13. The van der Waals surface area contributed by atoms with Gasteiger partial charge >= 0.3 is 0 Å². The first-order valence-corrected chi connectivity index (χ1v) is 4.53. The molecule has 1 aromatic carbocycles. The SMILES string of the molecule is N#CCC(=O)Nc1ccc(Cl)c([N+](=O)[O-])c1. The van der Waals surface area contributed by atoms with Gasteiger partial charge in [-0.25, -0.2) is 0 Å². The van der Waals surface area contributed by atoms with Crippen molar-refractivity contribution in [3.8, 4) is 6.07 Å². The number of nitro benzene ring substituents is 1. The first kappa shape index (κ1) is 11.9. The van der Waals surface area contributed by atoms with Crippen LogP contribution in [-0.4, -0.2) is 10.8 Å². The van der Waals surface area contributed by atoms with E-state index in [4.69, 9.17) is 16.9 Å². The van der Waals surface area contributed by atoms with Gasteiger partial charge in [0.1, 0.15) is 11.4 Å². The lowest BCUT2D eigenvalue weighted by atomic mass is 10.2. The van der Waals surface area contributed by atoms with Crippen molar-refractivity contribution in [1.29, 1.82) is 5.26 Å². The van der Waals surface area contributed by atoms with E-state index in [0.29, 0.717) is 0 Å². The number of amides is 1. The van der Waals surface area contributed by atoms with Gasteiger partial charge in [0.05, 0.1) is 11.0 Å². The minimum Gasteiger partial charge on any atom is -0.325 e. The fourth-order valence-electron chi connectivity index (χ4n) is 1.01. The minimum atomic E-state index is -0.651. The zero-order chi connectivity index (χ0) is 12.1. The number of nitrogens with one attached hydrogen (secondary N) is 1. The second kappa shape index (κ2) is 5.09. The molecule has 0 radical (unpaired) electrons. The quantitative estimate of drug-likeness (QED) is 0.645. The smallest absolute Gasteiger partial charge is 0.289 e. The van der Waals surface area contributed by atoms with Crippen molar-refractivity contribution in [2.24, 2.45) is 0 Å². The third-order valence-electron chi connectivity index (χ3n) is 1.67. The summed E-state index contributed by atoms with van der Waals surface area (Å²) in [6.45, 7) is 0. The maximum atomic E-state index is 11.0. The molecule has 7 heteroatoms. The van der Waals surface area contributed by atoms with E-state index in [9.17, 15) is 14.9 Å². The lowest BCUT2D eigenvalue weighted by Crippen LogP contribution is -2.10. The van der Waals surface area contributed by atoms with Gasteiger partial charge in [0, 0.05) is 11.8 Å². The van der Waals surface area contributed by atoms with Gasteiger partial charge in [-0.2, -0.15) is 5.26 Å². The number of rotatable bonds is 3. The van der Waals surface area contributed by atoms with E-state index in [1.165, 1.54) is 12.1 Å². The van der Waals surface area contributed by atoms with Gasteiger partial charge in [-0.1, -0.05) is 11.6 Å². The number of carbonyl (C=O) groups excluding carboxylic acids is 1. The fourth-order valence-corrected chi connectivity index (χ4v) is 1.19. The van der Waals surface area contributed by atoms with Crippen LogP contribution < -0.4 is 5.32 Å². The van der Waals surface area contributed by atoms with E-state index >= 15 is 0 Å². The number of hydrogen-bond acceptors (Lipinski definition) is 4. The summed E-state index contributed by atoms with van der Waals surface area (Å²) in [4.78, 5) is 20.9. The molecule has 0 aromatic heterocycles. The molecule has 0 spiro atoms. The van der Waals surface area contributed by atoms with Crippen LogP contribution in [0.15, 0.2) is 18.2 Å². The molecular formula is C9H6ClN3O3. The zero-order valence-electron chi connectivity index (χ0n) is 7.94. The molecule has 0 aliphatic rings. The van der Waals surface area contributed by atoms with Crippen LogP contribution in [0.4, 0.5) is 11.4 Å². The van der Waals surface area contributed by atoms with E-state index in [1.54, 1.807) is 6.07 Å². The van der Waals surface area contributed by atoms with Crippen molar-refractivity contribution in [1.82, 2.24) is 0 Å². The van der Waals surface area contributed by atoms with E-state index in [0.717, 1.165) is 6.07 Å². The van der Waals surface area contributed by atoms with Crippen molar-refractivity contribution >= 4 is 28.9 Å². The molecule has 6 nitrogen and oxygen atoms in total. The largest absolute Gasteiger partial charge is 0.325 e. The Morgan fingerprint density at radius 1 is 1.62 bits per heavy atom. The molecule has 82 valence electrons. The molecule has 0 aliphatic heterocycles. The summed E-state index contributed by atoms with van der Waals surface area (Å²) in [7, 11) is 0. The lowest BCUT2D eigenvalue weighted by molar-refractivity contribution is -0.384. The van der Waals surface area contributed by atoms with Crippen LogP contribution in [0, 0.1) is 21.4 Å². The normalized spacial score (nSPS) is 9.25. The standard InChI is InChI=1S/C9H6ClN3O3/c10-7-2-1-6(5-8(7)13(15)16)12-9(14)3-4-11/h1-2,5H,3H2,(H,12,14). The van der Waals surface area contributed by atoms with Crippen LogP contribution >= 0.6 is 11.6 Å². The highest BCUT2D eigenvalue weighted by molar-refractivity contribution is 6.32. The molecule has 0 fully saturated rings. The van der Waals surface area contributed by atoms with Gasteiger partial charge in [0.25, 0.3) is 5.69 Å². The topological polar surface area (TPSA) is 96.0 Å². The molecule has 0 unspecified atom stereocenters. The van der Waals surface area contributed by atoms with Crippen molar-refractivity contribution in [3.63, 3.8) is 0 Å². The Kier molecular flexibility index (Phi) is 3.80. The highest BCUT2D eigenvalue weighted by Gasteiger charge is 2.13. The highest BCUT2D eigenvalue weighted by atomic mass is 35.5. The van der Waals surface area contributed by atoms with Crippen LogP contribution in [0.3, 0.4) is 0 Å². The maximum Gasteiger partial charge on any atom is 0.289 e. The fraction of sp³-hybridized carbons (Fsp3) is 0.111. The second-order valence-electron chi connectivity index (χ2n) is 2.81. The molecule has 0 aliphatic carbocycles. The number of nitriles is 1. The Morgan fingerprint density at radius 2 is 2.31 bits per heavy atom. The number of nitrogens with zero attached hydrogens (tertiary/aromatic N) is 2. The van der Waals surface area contributed by atoms with Crippen LogP contribution in [-0.2, 0) is 4.79 Å². The summed E-state index contributed by atoms with van der Waals surface area (Å²) >= 11 is 5.58. The summed E-state index contributed by atoms with van der Waals surface area (Å²) < 4.78 is 0. The van der Waals surface area contributed by atoms with Crippen molar-refractivity contribution in [2.45, 2.75) is 6.42 Å². The van der Waals surface area contributed by atoms with Gasteiger partial charge < -0.3 is 5.32 Å². The third-order valence-corrected chi connectivity index (χ3v) is 1.99. The van der Waals surface area contributed by atoms with Crippen molar-refractivity contribution in [3.05, 3.63) is 33.3 Å². The molecule has 1 amide bonds. The molecule has 0 saturated carbocycles. The van der Waals surface area contributed by atoms with Crippen molar-refractivity contribution < 1.29 is 9.72 Å². The monoisotopic (exact) mass is 239 g/mol. The molecule has 0 atom stereocenters. The summed E-state index contributed by atoms with van der Waals surface area (Å²) in [6, 6.07) is 5.53. The highest BCUT2D eigenvalue weighted by Crippen LogP contribution is 2.27. The van der Waals surface area contributed by atoms with Gasteiger partial charge in [-0.3, -0.25) is 14.9 Å². The number of hydrogen-bond donors (Lipinski definition) is 1. The molecular weight excluding hydrogens is 234 g/mol. The third kappa shape index (κ3) is 2.93. The molecule has 0 bridgehead atoms. The maximum absolute atomic E-state index is 11.0. The summed E-state index contributed by atoms with van der Waals surface area (Å²) in [5.74, 6) is -0.529. The average molecular weight is 240 g/mol. The first-order valence-electron chi connectivity index (χ1n) is 4.15. The van der Waals surface area contributed by atoms with E-state index in [-0.39, 0.29) is 22.8 Å². The van der Waals surface area contributed by atoms with E-state index in [1.807, 2.05) is 0 Å². The molecule has 1 aromatic rings. The zero-order valence-corrected chi connectivity index (χ0v) is 8.69. The Bertz CT molecular complexity index is 481. The first-order chi connectivity index (χ1) is 7.54. The predicted octanol–water partition coefficient (Wildman–Crippen LogP) is 2.10. The van der Waals surface area contributed by atoms with Crippen LogP contribution in [0.1, 0.15) is 6.42 Å². The van der Waals surface area contributed by atoms with Crippen LogP contribution in [0.2, 0.25) is 5.02 Å². The lowest BCUT2D eigenvalue weighted by Gasteiger charge is -2.02. The number of anilines is 1. The predicted molar refractivity (Wildman–Crippen MR) is 57.0 cm³/mol. The van der Waals surface area contributed by atoms with Gasteiger partial charge in [-0.05, 0) is 12.1 Å². The Morgan fingerprint density at radius 3 is 2.88 bits per heavy atom. The summed E-state index contributed by atoms with van der Waals surface area (Å²) in [5, 5.41) is 21.1. The summed E-state index contributed by atoms with van der Waals surface area (Å²) in [6.07, 6.45) is -0.309.